The molecule has 1 heterocycles. The summed E-state index contributed by atoms with van der Waals surface area (Å²) in [6.45, 7) is 0. The molecule has 0 spiro atoms. The normalized spacial score (nSPS) is 23.2. The molecular formula is C12H15N3O3S. The Morgan fingerprint density at radius 2 is 2.32 bits per heavy atom. The van der Waals surface area contributed by atoms with Crippen molar-refractivity contribution >= 4 is 10.0 Å². The maximum Gasteiger partial charge on any atom is 0.243 e. The summed E-state index contributed by atoms with van der Waals surface area (Å²) in [7, 11) is -2.09. The molecule has 2 atom stereocenters. The molecule has 6 nitrogen and oxygen atoms in total. The Kier molecular flexibility index (Phi) is 4.14. The van der Waals surface area contributed by atoms with Crippen LogP contribution in [0.1, 0.15) is 25.0 Å². The van der Waals surface area contributed by atoms with Gasteiger partial charge in [0, 0.05) is 19.3 Å². The predicted octanol–water partition coefficient (Wildman–Crippen LogP) is 0.799. The summed E-state index contributed by atoms with van der Waals surface area (Å²) in [6.07, 6.45) is 3.71. The van der Waals surface area contributed by atoms with Gasteiger partial charge in [-0.05, 0) is 31.4 Å². The van der Waals surface area contributed by atoms with E-state index < -0.39 is 10.0 Å². The van der Waals surface area contributed by atoms with Gasteiger partial charge in [0.2, 0.25) is 10.0 Å². The summed E-state index contributed by atoms with van der Waals surface area (Å²) in [4.78, 5) is 3.69. The predicted molar refractivity (Wildman–Crippen MR) is 67.7 cm³/mol. The van der Waals surface area contributed by atoms with Gasteiger partial charge in [0.1, 0.15) is 11.0 Å². The second-order valence-electron chi connectivity index (χ2n) is 4.45. The van der Waals surface area contributed by atoms with Gasteiger partial charge in [-0.1, -0.05) is 0 Å². The Morgan fingerprint density at radius 1 is 1.53 bits per heavy atom. The van der Waals surface area contributed by atoms with Crippen molar-refractivity contribution in [3.8, 4) is 6.07 Å². The summed E-state index contributed by atoms with van der Waals surface area (Å²) in [6, 6.07) is 4.53. The quantitative estimate of drug-likeness (QED) is 0.881. The van der Waals surface area contributed by atoms with Crippen molar-refractivity contribution < 1.29 is 13.2 Å². The zero-order valence-corrected chi connectivity index (χ0v) is 11.4. The molecule has 1 N–H and O–H groups in total. The van der Waals surface area contributed by atoms with E-state index in [1.165, 1.54) is 18.3 Å². The van der Waals surface area contributed by atoms with Crippen molar-refractivity contribution in [3.05, 3.63) is 24.0 Å². The molecule has 1 aliphatic rings. The van der Waals surface area contributed by atoms with Crippen molar-refractivity contribution in [2.24, 2.45) is 0 Å². The Labute approximate surface area is 112 Å². The van der Waals surface area contributed by atoms with E-state index in [9.17, 15) is 8.42 Å². The number of aromatic nitrogens is 1. The molecule has 0 radical (unpaired) electrons. The molecular weight excluding hydrogens is 266 g/mol. The van der Waals surface area contributed by atoms with E-state index in [0.717, 1.165) is 12.8 Å². The van der Waals surface area contributed by atoms with Crippen LogP contribution in [0.15, 0.2) is 23.2 Å². The van der Waals surface area contributed by atoms with Gasteiger partial charge in [-0.15, -0.1) is 0 Å². The number of ether oxygens (including phenoxy) is 1. The minimum atomic E-state index is -3.71. The van der Waals surface area contributed by atoms with Crippen molar-refractivity contribution in [1.29, 1.82) is 5.26 Å². The lowest BCUT2D eigenvalue weighted by Crippen LogP contribution is -2.34. The fourth-order valence-corrected chi connectivity index (χ4v) is 3.63. The largest absolute Gasteiger partial charge is 0.381 e. The molecule has 1 aromatic rings. The van der Waals surface area contributed by atoms with E-state index >= 15 is 0 Å². The average Bonchev–Trinajstić information content (AvgIpc) is 2.85. The average molecular weight is 281 g/mol. The van der Waals surface area contributed by atoms with Gasteiger partial charge in [-0.3, -0.25) is 0 Å². The fourth-order valence-electron chi connectivity index (χ4n) is 2.24. The summed E-state index contributed by atoms with van der Waals surface area (Å²) in [5, 5.41) is 8.90. The minimum Gasteiger partial charge on any atom is -0.381 e. The molecule has 2 rings (SSSR count). The minimum absolute atomic E-state index is 0.0710. The molecule has 19 heavy (non-hydrogen) atoms. The molecule has 7 heteroatoms. The van der Waals surface area contributed by atoms with Gasteiger partial charge < -0.3 is 4.74 Å². The lowest BCUT2D eigenvalue weighted by atomic mass is 10.3. The number of nitriles is 1. The Morgan fingerprint density at radius 3 is 2.95 bits per heavy atom. The number of nitrogens with zero attached hydrogens (tertiary/aromatic N) is 2. The highest BCUT2D eigenvalue weighted by molar-refractivity contribution is 7.89. The van der Waals surface area contributed by atoms with Gasteiger partial charge in [0.05, 0.1) is 6.10 Å². The van der Waals surface area contributed by atoms with E-state index in [1.54, 1.807) is 13.2 Å². The molecule has 1 saturated carbocycles. The molecule has 0 saturated heterocycles. The van der Waals surface area contributed by atoms with Crippen LogP contribution < -0.4 is 4.72 Å². The van der Waals surface area contributed by atoms with Crippen LogP contribution >= 0.6 is 0 Å². The third-order valence-electron chi connectivity index (χ3n) is 3.21. The Hall–Kier alpha value is -1.49. The first-order valence-corrected chi connectivity index (χ1v) is 7.45. The Bertz CT molecular complexity index is 594. The topological polar surface area (TPSA) is 92.1 Å². The van der Waals surface area contributed by atoms with Gasteiger partial charge in [-0.25, -0.2) is 18.1 Å². The molecule has 1 aliphatic carbocycles. The lowest BCUT2D eigenvalue weighted by molar-refractivity contribution is 0.107. The third-order valence-corrected chi connectivity index (χ3v) is 4.76. The van der Waals surface area contributed by atoms with Crippen LogP contribution in [0.5, 0.6) is 0 Å². The molecule has 0 bridgehead atoms. The van der Waals surface area contributed by atoms with Gasteiger partial charge in [-0.2, -0.15) is 5.26 Å². The van der Waals surface area contributed by atoms with Crippen LogP contribution in [0.2, 0.25) is 0 Å². The van der Waals surface area contributed by atoms with Crippen molar-refractivity contribution in [1.82, 2.24) is 9.71 Å². The summed E-state index contributed by atoms with van der Waals surface area (Å²) < 4.78 is 32.3. The number of methoxy groups -OCH3 is 1. The highest BCUT2D eigenvalue weighted by atomic mass is 32.2. The number of pyridine rings is 1. The van der Waals surface area contributed by atoms with Gasteiger partial charge in [0.25, 0.3) is 0 Å². The molecule has 1 aromatic heterocycles. The molecule has 2 unspecified atom stereocenters. The Balaban J connectivity index is 2.18. The van der Waals surface area contributed by atoms with Gasteiger partial charge >= 0.3 is 0 Å². The van der Waals surface area contributed by atoms with Crippen LogP contribution in [0.3, 0.4) is 0 Å². The smallest absolute Gasteiger partial charge is 0.243 e. The summed E-state index contributed by atoms with van der Waals surface area (Å²) >= 11 is 0. The first-order valence-electron chi connectivity index (χ1n) is 5.97. The summed E-state index contributed by atoms with van der Waals surface area (Å²) in [5.74, 6) is 0. The third kappa shape index (κ3) is 3.10. The number of nitrogens with one attached hydrogen (secondary N) is 1. The molecule has 102 valence electrons. The number of rotatable bonds is 4. The number of sulfonamides is 1. The zero-order valence-electron chi connectivity index (χ0n) is 10.5. The van der Waals surface area contributed by atoms with Gasteiger partial charge in [0.15, 0.2) is 5.69 Å². The second-order valence-corrected chi connectivity index (χ2v) is 6.13. The monoisotopic (exact) mass is 281 g/mol. The highest BCUT2D eigenvalue weighted by Gasteiger charge is 2.29. The van der Waals surface area contributed by atoms with Crippen LogP contribution in [0.25, 0.3) is 0 Å². The zero-order chi connectivity index (χ0) is 13.9. The van der Waals surface area contributed by atoms with E-state index in [0.29, 0.717) is 6.42 Å². The molecule has 0 aliphatic heterocycles. The maximum absolute atomic E-state index is 12.2. The van der Waals surface area contributed by atoms with Crippen LogP contribution in [0.4, 0.5) is 0 Å². The number of hydrogen-bond acceptors (Lipinski definition) is 5. The molecule has 0 aromatic carbocycles. The standard InChI is InChI=1S/C12H15N3O3S/c1-18-10-5-4-9(7-10)15-19(16,17)12-3-2-6-14-11(12)8-13/h2-3,6,9-10,15H,4-5,7H2,1H3. The van der Waals surface area contributed by atoms with Crippen molar-refractivity contribution in [2.75, 3.05) is 7.11 Å². The molecule has 0 amide bonds. The number of hydrogen-bond donors (Lipinski definition) is 1. The second kappa shape index (κ2) is 5.65. The first kappa shape index (κ1) is 13.9. The lowest BCUT2D eigenvalue weighted by Gasteiger charge is -2.13. The molecule has 1 fully saturated rings. The van der Waals surface area contributed by atoms with E-state index in [1.807, 2.05) is 0 Å². The van der Waals surface area contributed by atoms with Crippen LogP contribution in [0, 0.1) is 11.3 Å². The first-order chi connectivity index (χ1) is 9.06. The van der Waals surface area contributed by atoms with Crippen molar-refractivity contribution in [3.63, 3.8) is 0 Å². The van der Waals surface area contributed by atoms with E-state index in [-0.39, 0.29) is 22.7 Å². The van der Waals surface area contributed by atoms with Crippen LogP contribution in [-0.2, 0) is 14.8 Å². The summed E-state index contributed by atoms with van der Waals surface area (Å²) in [5.41, 5.74) is -0.0868. The van der Waals surface area contributed by atoms with E-state index in [4.69, 9.17) is 10.00 Å². The van der Waals surface area contributed by atoms with Crippen molar-refractivity contribution in [2.45, 2.75) is 36.3 Å². The van der Waals surface area contributed by atoms with E-state index in [2.05, 4.69) is 9.71 Å². The SMILES string of the molecule is COC1CCC(NS(=O)(=O)c2cccnc2C#N)C1. The highest BCUT2D eigenvalue weighted by Crippen LogP contribution is 2.23. The maximum atomic E-state index is 12.2. The van der Waals surface area contributed by atoms with Crippen LogP contribution in [-0.4, -0.2) is 32.7 Å². The fraction of sp³-hybridized carbons (Fsp3) is 0.500.